The molecule has 0 unspecified atom stereocenters. The molecule has 132 valence electrons. The lowest BCUT2D eigenvalue weighted by molar-refractivity contribution is -0.137. The van der Waals surface area contributed by atoms with Crippen molar-refractivity contribution in [2.24, 2.45) is 0 Å². The summed E-state index contributed by atoms with van der Waals surface area (Å²) in [5.41, 5.74) is 1.52. The van der Waals surface area contributed by atoms with E-state index in [-0.39, 0.29) is 17.4 Å². The van der Waals surface area contributed by atoms with Crippen LogP contribution in [-0.4, -0.2) is 17.0 Å². The van der Waals surface area contributed by atoms with Gasteiger partial charge in [-0.25, -0.2) is 0 Å². The fourth-order valence-corrected chi connectivity index (χ4v) is 2.63. The van der Waals surface area contributed by atoms with Crippen molar-refractivity contribution in [2.45, 2.75) is 19.3 Å². The summed E-state index contributed by atoms with van der Waals surface area (Å²) in [6.45, 7) is 0. The Kier molecular flexibility index (Phi) is 5.12. The van der Waals surface area contributed by atoms with Crippen LogP contribution >= 0.6 is 0 Å². The third kappa shape index (κ3) is 3.97. The molecule has 3 aromatic rings. The Labute approximate surface area is 149 Å². The van der Waals surface area contributed by atoms with Gasteiger partial charge in [0.1, 0.15) is 17.4 Å². The van der Waals surface area contributed by atoms with Crippen molar-refractivity contribution in [3.63, 3.8) is 0 Å². The van der Waals surface area contributed by atoms with Crippen molar-refractivity contribution in [2.75, 3.05) is 5.32 Å². The smallest absolute Gasteiger partial charge is 0.303 e. The van der Waals surface area contributed by atoms with Crippen LogP contribution in [0, 0.1) is 0 Å². The number of amides is 1. The number of carboxylic acids is 1. The number of carboxylic acid groups (broad SMARTS) is 1. The van der Waals surface area contributed by atoms with E-state index in [1.807, 2.05) is 12.1 Å². The van der Waals surface area contributed by atoms with Gasteiger partial charge in [-0.15, -0.1) is 0 Å². The Morgan fingerprint density at radius 3 is 2.50 bits per heavy atom. The zero-order valence-electron chi connectivity index (χ0n) is 13.9. The van der Waals surface area contributed by atoms with Gasteiger partial charge in [-0.05, 0) is 42.7 Å². The second-order valence-electron chi connectivity index (χ2n) is 5.87. The van der Waals surface area contributed by atoms with Gasteiger partial charge in [0, 0.05) is 12.1 Å². The lowest BCUT2D eigenvalue weighted by Gasteiger charge is -2.07. The number of carbonyl (C=O) groups is 2. The summed E-state index contributed by atoms with van der Waals surface area (Å²) in [5.74, 6) is -1.36. The number of para-hydroxylation sites is 1. The van der Waals surface area contributed by atoms with Crippen molar-refractivity contribution in [3.05, 3.63) is 76.1 Å². The summed E-state index contributed by atoms with van der Waals surface area (Å²) in [7, 11) is 0. The van der Waals surface area contributed by atoms with Gasteiger partial charge in [0.25, 0.3) is 5.91 Å². The average Bonchev–Trinajstić information content (AvgIpc) is 2.63. The molecule has 3 rings (SSSR count). The molecule has 6 nitrogen and oxygen atoms in total. The molecule has 0 aliphatic carbocycles. The average molecular weight is 351 g/mol. The Morgan fingerprint density at radius 2 is 1.77 bits per heavy atom. The molecule has 6 heteroatoms. The molecule has 0 aliphatic heterocycles. The SMILES string of the molecule is O=C(O)CCCc1ccc(NC(=O)c2coc3ccccc3c2=O)cc1. The van der Waals surface area contributed by atoms with Crippen LogP contribution in [0.3, 0.4) is 0 Å². The molecule has 1 amide bonds. The van der Waals surface area contributed by atoms with Gasteiger partial charge in [0.15, 0.2) is 0 Å². The maximum atomic E-state index is 12.4. The zero-order valence-corrected chi connectivity index (χ0v) is 13.9. The van der Waals surface area contributed by atoms with E-state index in [9.17, 15) is 14.4 Å². The highest BCUT2D eigenvalue weighted by molar-refractivity contribution is 6.05. The van der Waals surface area contributed by atoms with Crippen molar-refractivity contribution in [3.8, 4) is 0 Å². The number of carbonyl (C=O) groups excluding carboxylic acids is 1. The molecule has 2 N–H and O–H groups in total. The first-order valence-electron chi connectivity index (χ1n) is 8.17. The van der Waals surface area contributed by atoms with Gasteiger partial charge in [0.2, 0.25) is 5.43 Å². The standard InChI is InChI=1S/C20H17NO5/c22-18(23)7-3-4-13-8-10-14(11-9-13)21-20(25)16-12-26-17-6-2-1-5-15(17)19(16)24/h1-2,5-6,8-12H,3-4,7H2,(H,21,25)(H,22,23). The normalized spacial score (nSPS) is 10.6. The van der Waals surface area contributed by atoms with Crippen LogP contribution in [0.2, 0.25) is 0 Å². The Morgan fingerprint density at radius 1 is 1.04 bits per heavy atom. The Hall–Kier alpha value is -3.41. The minimum Gasteiger partial charge on any atom is -0.481 e. The van der Waals surface area contributed by atoms with Gasteiger partial charge in [-0.1, -0.05) is 24.3 Å². The molecule has 2 aromatic carbocycles. The van der Waals surface area contributed by atoms with Crippen LogP contribution in [0.15, 0.2) is 64.0 Å². The third-order valence-corrected chi connectivity index (χ3v) is 3.99. The molecule has 26 heavy (non-hydrogen) atoms. The maximum absolute atomic E-state index is 12.4. The molecule has 0 radical (unpaired) electrons. The second kappa shape index (κ2) is 7.65. The Balaban J connectivity index is 1.71. The van der Waals surface area contributed by atoms with Gasteiger partial charge in [-0.3, -0.25) is 14.4 Å². The monoisotopic (exact) mass is 351 g/mol. The van der Waals surface area contributed by atoms with Crippen molar-refractivity contribution in [1.82, 2.24) is 0 Å². The number of benzene rings is 2. The first-order chi connectivity index (χ1) is 12.5. The third-order valence-electron chi connectivity index (χ3n) is 3.99. The summed E-state index contributed by atoms with van der Waals surface area (Å²) in [5, 5.41) is 11.7. The molecular formula is C20H17NO5. The van der Waals surface area contributed by atoms with Crippen LogP contribution < -0.4 is 10.7 Å². The number of hydrogen-bond acceptors (Lipinski definition) is 4. The number of aliphatic carboxylic acids is 1. The summed E-state index contributed by atoms with van der Waals surface area (Å²) < 4.78 is 5.36. The number of fused-ring (bicyclic) bond motifs is 1. The van der Waals surface area contributed by atoms with Crippen LogP contribution in [0.25, 0.3) is 11.0 Å². The van der Waals surface area contributed by atoms with Crippen LogP contribution in [0.5, 0.6) is 0 Å². The highest BCUT2D eigenvalue weighted by Crippen LogP contribution is 2.14. The lowest BCUT2D eigenvalue weighted by atomic mass is 10.1. The predicted octanol–water partition coefficient (Wildman–Crippen LogP) is 3.45. The molecule has 0 saturated carbocycles. The van der Waals surface area contributed by atoms with Crippen molar-refractivity contribution >= 4 is 28.5 Å². The van der Waals surface area contributed by atoms with Crippen molar-refractivity contribution in [1.29, 1.82) is 0 Å². The fraction of sp³-hybridized carbons (Fsp3) is 0.150. The minimum atomic E-state index is -0.817. The molecule has 0 atom stereocenters. The zero-order chi connectivity index (χ0) is 18.5. The maximum Gasteiger partial charge on any atom is 0.303 e. The molecule has 0 spiro atoms. The Bertz CT molecular complexity index is 1000. The van der Waals surface area contributed by atoms with E-state index in [2.05, 4.69) is 5.32 Å². The minimum absolute atomic E-state index is 0.0609. The number of hydrogen-bond donors (Lipinski definition) is 2. The molecule has 0 aliphatic rings. The molecule has 1 heterocycles. The van der Waals surface area contributed by atoms with Crippen LogP contribution in [0.4, 0.5) is 5.69 Å². The van der Waals surface area contributed by atoms with Gasteiger partial charge in [-0.2, -0.15) is 0 Å². The highest BCUT2D eigenvalue weighted by atomic mass is 16.4. The van der Waals surface area contributed by atoms with E-state index >= 15 is 0 Å². The number of aryl methyl sites for hydroxylation is 1. The number of nitrogens with one attached hydrogen (secondary N) is 1. The topological polar surface area (TPSA) is 96.6 Å². The molecule has 1 aromatic heterocycles. The van der Waals surface area contributed by atoms with Gasteiger partial charge in [0.05, 0.1) is 5.39 Å². The van der Waals surface area contributed by atoms with E-state index in [1.165, 1.54) is 6.26 Å². The van der Waals surface area contributed by atoms with E-state index in [0.29, 0.717) is 29.5 Å². The first-order valence-corrected chi connectivity index (χ1v) is 8.17. The van der Waals surface area contributed by atoms with Gasteiger partial charge >= 0.3 is 5.97 Å². The summed E-state index contributed by atoms with van der Waals surface area (Å²) in [6.07, 6.45) is 2.49. The highest BCUT2D eigenvalue weighted by Gasteiger charge is 2.14. The molecule has 0 saturated heterocycles. The van der Waals surface area contributed by atoms with E-state index < -0.39 is 11.9 Å². The molecular weight excluding hydrogens is 334 g/mol. The summed E-state index contributed by atoms with van der Waals surface area (Å²) in [6, 6.07) is 13.8. The summed E-state index contributed by atoms with van der Waals surface area (Å²) in [4.78, 5) is 35.3. The van der Waals surface area contributed by atoms with Crippen LogP contribution in [-0.2, 0) is 11.2 Å². The number of anilines is 1. The lowest BCUT2D eigenvalue weighted by Crippen LogP contribution is -2.21. The van der Waals surface area contributed by atoms with E-state index in [4.69, 9.17) is 9.52 Å². The van der Waals surface area contributed by atoms with E-state index in [1.54, 1.807) is 36.4 Å². The quantitative estimate of drug-likeness (QED) is 0.709. The largest absolute Gasteiger partial charge is 0.481 e. The van der Waals surface area contributed by atoms with Gasteiger partial charge < -0.3 is 14.8 Å². The number of rotatable bonds is 6. The van der Waals surface area contributed by atoms with Crippen LogP contribution in [0.1, 0.15) is 28.8 Å². The first kappa shape index (κ1) is 17.4. The van der Waals surface area contributed by atoms with E-state index in [0.717, 1.165) is 5.56 Å². The fourth-order valence-electron chi connectivity index (χ4n) is 2.63. The predicted molar refractivity (Wildman–Crippen MR) is 97.5 cm³/mol. The molecule has 0 fully saturated rings. The molecule has 0 bridgehead atoms. The second-order valence-corrected chi connectivity index (χ2v) is 5.87. The van der Waals surface area contributed by atoms with Crippen molar-refractivity contribution < 1.29 is 19.1 Å². The summed E-state index contributed by atoms with van der Waals surface area (Å²) >= 11 is 0.